The maximum atomic E-state index is 13.2. The maximum Gasteiger partial charge on any atom is 0.246 e. The van der Waals surface area contributed by atoms with Gasteiger partial charge in [-0.15, -0.1) is 0 Å². The van der Waals surface area contributed by atoms with Gasteiger partial charge in [0, 0.05) is 12.6 Å². The quantitative estimate of drug-likeness (QED) is 0.531. The van der Waals surface area contributed by atoms with Crippen LogP contribution in [0.4, 0.5) is 5.69 Å². The minimum absolute atomic E-state index is 0.0700. The summed E-state index contributed by atoms with van der Waals surface area (Å²) < 4.78 is 31.5. The molecule has 0 saturated heterocycles. The van der Waals surface area contributed by atoms with Crippen molar-refractivity contribution in [3.05, 3.63) is 66.1 Å². The molecule has 0 radical (unpaired) electrons. The molecule has 1 atom stereocenters. The number of sulfonamides is 1. The smallest absolute Gasteiger partial charge is 0.246 e. The van der Waals surface area contributed by atoms with Crippen LogP contribution in [0.2, 0.25) is 0 Å². The van der Waals surface area contributed by atoms with E-state index in [0.29, 0.717) is 17.9 Å². The van der Waals surface area contributed by atoms with Gasteiger partial charge in [-0.05, 0) is 25.5 Å². The largest absolute Gasteiger partial charge is 0.337 e. The fraction of sp³-hybridized carbons (Fsp3) is 0.318. The molecular weight excluding hydrogens is 416 g/mol. The first kappa shape index (κ1) is 22.5. The topological polar surface area (TPSA) is 96.6 Å². The molecule has 3 aromatic rings. The van der Waals surface area contributed by atoms with Gasteiger partial charge in [0.1, 0.15) is 6.04 Å². The highest BCUT2D eigenvalue weighted by Gasteiger charge is 2.33. The molecule has 0 aliphatic heterocycles. The Morgan fingerprint density at radius 3 is 2.32 bits per heavy atom. The number of aromatic nitrogens is 2. The number of para-hydroxylation sites is 1. The van der Waals surface area contributed by atoms with E-state index in [2.05, 4.69) is 10.1 Å². The van der Waals surface area contributed by atoms with Gasteiger partial charge in [-0.25, -0.2) is 8.42 Å². The van der Waals surface area contributed by atoms with E-state index in [1.54, 1.807) is 44.3 Å². The molecule has 0 aliphatic carbocycles. The van der Waals surface area contributed by atoms with Crippen LogP contribution >= 0.6 is 0 Å². The SMILES string of the molecule is CCC(C(=O)N(C)Cc1nc(-c2ccc(C)cc2)no1)N(c1ccccc1)S(C)(=O)=O. The summed E-state index contributed by atoms with van der Waals surface area (Å²) in [6.45, 7) is 3.84. The van der Waals surface area contributed by atoms with Gasteiger partial charge < -0.3 is 9.42 Å². The molecule has 1 unspecified atom stereocenters. The van der Waals surface area contributed by atoms with Crippen LogP contribution in [0.1, 0.15) is 24.8 Å². The third kappa shape index (κ3) is 5.29. The highest BCUT2D eigenvalue weighted by molar-refractivity contribution is 7.92. The Morgan fingerprint density at radius 2 is 1.74 bits per heavy atom. The standard InChI is InChI=1S/C22H26N4O4S/c1-5-19(26(31(4,28)29)18-9-7-6-8-10-18)22(27)25(3)15-20-23-21(24-30-20)17-13-11-16(2)12-14-17/h6-14,19H,5,15H2,1-4H3. The summed E-state index contributed by atoms with van der Waals surface area (Å²) in [4.78, 5) is 19.0. The lowest BCUT2D eigenvalue weighted by atomic mass is 10.1. The summed E-state index contributed by atoms with van der Waals surface area (Å²) in [5.74, 6) is 0.351. The number of aryl methyl sites for hydroxylation is 1. The lowest BCUT2D eigenvalue weighted by Gasteiger charge is -2.32. The molecule has 9 heteroatoms. The van der Waals surface area contributed by atoms with Crippen molar-refractivity contribution in [2.24, 2.45) is 0 Å². The van der Waals surface area contributed by atoms with Crippen molar-refractivity contribution in [1.29, 1.82) is 0 Å². The van der Waals surface area contributed by atoms with Crippen molar-refractivity contribution >= 4 is 21.6 Å². The first-order valence-electron chi connectivity index (χ1n) is 9.89. The molecular formula is C22H26N4O4S. The van der Waals surface area contributed by atoms with Gasteiger partial charge >= 0.3 is 0 Å². The van der Waals surface area contributed by atoms with Gasteiger partial charge in [0.2, 0.25) is 27.6 Å². The lowest BCUT2D eigenvalue weighted by molar-refractivity contribution is -0.132. The molecule has 0 bridgehead atoms. The van der Waals surface area contributed by atoms with Crippen LogP contribution in [-0.4, -0.2) is 48.7 Å². The van der Waals surface area contributed by atoms with Gasteiger partial charge in [-0.3, -0.25) is 9.10 Å². The summed E-state index contributed by atoms with van der Waals surface area (Å²) in [7, 11) is -2.09. The number of rotatable bonds is 8. The monoisotopic (exact) mass is 442 g/mol. The Morgan fingerprint density at radius 1 is 1.10 bits per heavy atom. The van der Waals surface area contributed by atoms with Gasteiger partial charge in [0.15, 0.2) is 0 Å². The van der Waals surface area contributed by atoms with E-state index < -0.39 is 16.1 Å². The Balaban J connectivity index is 1.80. The zero-order valence-electron chi connectivity index (χ0n) is 18.0. The number of carbonyl (C=O) groups is 1. The third-order valence-corrected chi connectivity index (χ3v) is 6.03. The second-order valence-corrected chi connectivity index (χ2v) is 9.25. The number of hydrogen-bond acceptors (Lipinski definition) is 6. The Kier molecular flexibility index (Phi) is 6.74. The predicted octanol–water partition coefficient (Wildman–Crippen LogP) is 3.25. The highest BCUT2D eigenvalue weighted by atomic mass is 32.2. The molecule has 8 nitrogen and oxygen atoms in total. The molecule has 1 heterocycles. The predicted molar refractivity (Wildman–Crippen MR) is 119 cm³/mol. The molecule has 164 valence electrons. The summed E-state index contributed by atoms with van der Waals surface area (Å²) >= 11 is 0. The van der Waals surface area contributed by atoms with Gasteiger partial charge in [-0.2, -0.15) is 4.98 Å². The van der Waals surface area contributed by atoms with Crippen molar-refractivity contribution in [2.75, 3.05) is 17.6 Å². The van der Waals surface area contributed by atoms with Crippen LogP contribution in [0.25, 0.3) is 11.4 Å². The number of carbonyl (C=O) groups excluding carboxylic acids is 1. The summed E-state index contributed by atoms with van der Waals surface area (Å²) in [6, 6.07) is 15.4. The Labute approximate surface area is 182 Å². The van der Waals surface area contributed by atoms with Crippen LogP contribution in [-0.2, 0) is 21.4 Å². The third-order valence-electron chi connectivity index (χ3n) is 4.85. The molecule has 0 aliphatic rings. The van der Waals surface area contributed by atoms with Crippen molar-refractivity contribution in [2.45, 2.75) is 32.9 Å². The van der Waals surface area contributed by atoms with Gasteiger partial charge in [0.25, 0.3) is 0 Å². The van der Waals surface area contributed by atoms with E-state index in [0.717, 1.165) is 21.7 Å². The minimum Gasteiger partial charge on any atom is -0.337 e. The molecule has 1 aromatic heterocycles. The normalized spacial score (nSPS) is 12.4. The number of likely N-dealkylation sites (N-methyl/N-ethyl adjacent to an activating group) is 1. The number of hydrogen-bond donors (Lipinski definition) is 0. The summed E-state index contributed by atoms with van der Waals surface area (Å²) in [5, 5.41) is 3.99. The second kappa shape index (κ2) is 9.30. The van der Waals surface area contributed by atoms with Crippen LogP contribution in [0, 0.1) is 6.92 Å². The molecule has 2 aromatic carbocycles. The molecule has 0 spiro atoms. The van der Waals surface area contributed by atoms with E-state index >= 15 is 0 Å². The van der Waals surface area contributed by atoms with Crippen molar-refractivity contribution in [3.63, 3.8) is 0 Å². The minimum atomic E-state index is -3.68. The van der Waals surface area contributed by atoms with Crippen LogP contribution in [0.5, 0.6) is 0 Å². The zero-order chi connectivity index (χ0) is 22.6. The zero-order valence-corrected chi connectivity index (χ0v) is 18.8. The summed E-state index contributed by atoms with van der Waals surface area (Å²) in [6.07, 6.45) is 1.41. The molecule has 0 saturated carbocycles. The first-order valence-corrected chi connectivity index (χ1v) is 11.7. The van der Waals surface area contributed by atoms with Crippen LogP contribution in [0.3, 0.4) is 0 Å². The molecule has 3 rings (SSSR count). The Bertz CT molecular complexity index is 1130. The first-order chi connectivity index (χ1) is 14.7. The highest BCUT2D eigenvalue weighted by Crippen LogP contribution is 2.23. The number of nitrogens with zero attached hydrogens (tertiary/aromatic N) is 4. The average Bonchev–Trinajstić information content (AvgIpc) is 3.20. The molecule has 0 N–H and O–H groups in total. The van der Waals surface area contributed by atoms with Crippen molar-refractivity contribution in [1.82, 2.24) is 15.0 Å². The van der Waals surface area contributed by atoms with Crippen molar-refractivity contribution < 1.29 is 17.7 Å². The summed E-state index contributed by atoms with van der Waals surface area (Å²) in [5.41, 5.74) is 2.38. The van der Waals surface area contributed by atoms with Crippen LogP contribution < -0.4 is 4.31 Å². The lowest BCUT2D eigenvalue weighted by Crippen LogP contribution is -2.49. The van der Waals surface area contributed by atoms with Crippen molar-refractivity contribution in [3.8, 4) is 11.4 Å². The number of benzene rings is 2. The second-order valence-electron chi connectivity index (χ2n) is 7.39. The Hall–Kier alpha value is -3.20. The number of anilines is 1. The number of amides is 1. The van der Waals surface area contributed by atoms with Crippen LogP contribution in [0.15, 0.2) is 59.1 Å². The molecule has 1 amide bonds. The van der Waals surface area contributed by atoms with Gasteiger partial charge in [-0.1, -0.05) is 60.1 Å². The fourth-order valence-corrected chi connectivity index (χ4v) is 4.50. The average molecular weight is 443 g/mol. The van der Waals surface area contributed by atoms with E-state index in [4.69, 9.17) is 4.52 Å². The van der Waals surface area contributed by atoms with Gasteiger partial charge in [0.05, 0.1) is 18.5 Å². The molecule has 31 heavy (non-hydrogen) atoms. The maximum absolute atomic E-state index is 13.2. The van der Waals surface area contributed by atoms with E-state index in [1.165, 1.54) is 4.90 Å². The van der Waals surface area contributed by atoms with E-state index in [1.807, 2.05) is 31.2 Å². The molecule has 0 fully saturated rings. The fourth-order valence-electron chi connectivity index (χ4n) is 3.29. The van der Waals surface area contributed by atoms with E-state index in [9.17, 15) is 13.2 Å². The van der Waals surface area contributed by atoms with E-state index in [-0.39, 0.29) is 18.3 Å².